The lowest BCUT2D eigenvalue weighted by Crippen LogP contribution is -2.47. The molecule has 2 heterocycles. The van der Waals surface area contributed by atoms with E-state index in [4.69, 9.17) is 5.73 Å². The van der Waals surface area contributed by atoms with Crippen molar-refractivity contribution in [2.24, 2.45) is 5.73 Å². The standard InChI is InChI=1S/C15H19F3N2/c1-9-2-3-10(15(16,17)18)6-14(9)20-12-4-5-13(20)8-11(19)7-12/h2-3,6,11-13H,4-5,7-8,19H2,1H3. The Morgan fingerprint density at radius 3 is 2.30 bits per heavy atom. The quantitative estimate of drug-likeness (QED) is 0.855. The minimum Gasteiger partial charge on any atom is -0.365 e. The fourth-order valence-corrected chi connectivity index (χ4v) is 3.68. The molecule has 2 unspecified atom stereocenters. The van der Waals surface area contributed by atoms with E-state index >= 15 is 0 Å². The molecule has 3 rings (SSSR count). The van der Waals surface area contributed by atoms with E-state index < -0.39 is 11.7 Å². The zero-order chi connectivity index (χ0) is 14.5. The van der Waals surface area contributed by atoms with Crippen molar-refractivity contribution in [1.82, 2.24) is 0 Å². The molecule has 20 heavy (non-hydrogen) atoms. The van der Waals surface area contributed by atoms with E-state index in [-0.39, 0.29) is 6.04 Å². The number of alkyl halides is 3. The van der Waals surface area contributed by atoms with Crippen LogP contribution in [0.2, 0.25) is 0 Å². The van der Waals surface area contributed by atoms with Crippen molar-refractivity contribution in [1.29, 1.82) is 0 Å². The van der Waals surface area contributed by atoms with E-state index in [2.05, 4.69) is 4.90 Å². The van der Waals surface area contributed by atoms with Gasteiger partial charge in [0.05, 0.1) is 5.56 Å². The number of nitrogens with two attached hydrogens (primary N) is 1. The van der Waals surface area contributed by atoms with E-state index in [9.17, 15) is 13.2 Å². The van der Waals surface area contributed by atoms with Gasteiger partial charge in [-0.1, -0.05) is 6.07 Å². The smallest absolute Gasteiger partial charge is 0.365 e. The number of piperidine rings is 1. The molecule has 0 amide bonds. The molecule has 0 saturated carbocycles. The van der Waals surface area contributed by atoms with Crippen LogP contribution in [-0.2, 0) is 6.18 Å². The van der Waals surface area contributed by atoms with Gasteiger partial charge >= 0.3 is 6.18 Å². The molecule has 1 aromatic carbocycles. The topological polar surface area (TPSA) is 29.3 Å². The summed E-state index contributed by atoms with van der Waals surface area (Å²) in [5.74, 6) is 0. The monoisotopic (exact) mass is 284 g/mol. The molecular weight excluding hydrogens is 265 g/mol. The third kappa shape index (κ3) is 2.28. The van der Waals surface area contributed by atoms with Crippen LogP contribution in [0.4, 0.5) is 18.9 Å². The van der Waals surface area contributed by atoms with Gasteiger partial charge in [-0.25, -0.2) is 0 Å². The van der Waals surface area contributed by atoms with Crippen LogP contribution in [0.5, 0.6) is 0 Å². The van der Waals surface area contributed by atoms with Crippen molar-refractivity contribution in [3.05, 3.63) is 29.3 Å². The second kappa shape index (κ2) is 4.65. The van der Waals surface area contributed by atoms with Crippen LogP contribution < -0.4 is 10.6 Å². The summed E-state index contributed by atoms with van der Waals surface area (Å²) in [4.78, 5) is 2.19. The van der Waals surface area contributed by atoms with Crippen LogP contribution in [-0.4, -0.2) is 18.1 Å². The minimum atomic E-state index is -4.28. The van der Waals surface area contributed by atoms with E-state index in [0.29, 0.717) is 12.1 Å². The van der Waals surface area contributed by atoms with E-state index in [1.54, 1.807) is 6.07 Å². The number of fused-ring (bicyclic) bond motifs is 2. The molecule has 2 nitrogen and oxygen atoms in total. The molecule has 2 aliphatic rings. The van der Waals surface area contributed by atoms with E-state index in [0.717, 1.165) is 43.0 Å². The van der Waals surface area contributed by atoms with Crippen molar-refractivity contribution >= 4 is 5.69 Å². The van der Waals surface area contributed by atoms with Crippen LogP contribution in [0, 0.1) is 6.92 Å². The van der Waals surface area contributed by atoms with Gasteiger partial charge in [0.1, 0.15) is 0 Å². The van der Waals surface area contributed by atoms with Gasteiger partial charge in [0.25, 0.3) is 0 Å². The van der Waals surface area contributed by atoms with Crippen molar-refractivity contribution in [3.8, 4) is 0 Å². The van der Waals surface area contributed by atoms with Crippen LogP contribution in [0.15, 0.2) is 18.2 Å². The summed E-state index contributed by atoms with van der Waals surface area (Å²) in [6, 6.07) is 4.83. The second-order valence-corrected chi connectivity index (χ2v) is 6.02. The van der Waals surface area contributed by atoms with Gasteiger partial charge < -0.3 is 10.6 Å². The van der Waals surface area contributed by atoms with Crippen molar-refractivity contribution < 1.29 is 13.2 Å². The fraction of sp³-hybridized carbons (Fsp3) is 0.600. The SMILES string of the molecule is Cc1ccc(C(F)(F)F)cc1N1C2CCC1CC(N)C2. The lowest BCUT2D eigenvalue weighted by atomic mass is 9.96. The summed E-state index contributed by atoms with van der Waals surface area (Å²) in [7, 11) is 0. The zero-order valence-corrected chi connectivity index (χ0v) is 11.5. The summed E-state index contributed by atoms with van der Waals surface area (Å²) in [6.07, 6.45) is -0.450. The number of hydrogen-bond acceptors (Lipinski definition) is 2. The number of aryl methyl sites for hydroxylation is 1. The van der Waals surface area contributed by atoms with Gasteiger partial charge in [-0.2, -0.15) is 13.2 Å². The summed E-state index contributed by atoms with van der Waals surface area (Å²) < 4.78 is 38.7. The maximum Gasteiger partial charge on any atom is 0.416 e. The highest BCUT2D eigenvalue weighted by molar-refractivity contribution is 5.58. The summed E-state index contributed by atoms with van der Waals surface area (Å²) in [6.45, 7) is 1.88. The molecule has 2 bridgehead atoms. The molecule has 0 aliphatic carbocycles. The highest BCUT2D eigenvalue weighted by atomic mass is 19.4. The summed E-state index contributed by atoms with van der Waals surface area (Å²) >= 11 is 0. The predicted octanol–water partition coefficient (Wildman–Crippen LogP) is 3.47. The third-order valence-electron chi connectivity index (χ3n) is 4.58. The number of hydrogen-bond donors (Lipinski definition) is 1. The Kier molecular flexibility index (Phi) is 3.20. The Morgan fingerprint density at radius 1 is 1.15 bits per heavy atom. The molecule has 0 aromatic heterocycles. The van der Waals surface area contributed by atoms with Crippen LogP contribution >= 0.6 is 0 Å². The first-order valence-corrected chi connectivity index (χ1v) is 7.08. The number of nitrogens with zero attached hydrogens (tertiary/aromatic N) is 1. The predicted molar refractivity (Wildman–Crippen MR) is 72.7 cm³/mol. The van der Waals surface area contributed by atoms with Gasteiger partial charge in [0, 0.05) is 23.8 Å². The Bertz CT molecular complexity index is 498. The number of rotatable bonds is 1. The first-order valence-electron chi connectivity index (χ1n) is 7.08. The molecular formula is C15H19F3N2. The van der Waals surface area contributed by atoms with Crippen LogP contribution in [0.3, 0.4) is 0 Å². The Balaban J connectivity index is 1.98. The lowest BCUT2D eigenvalue weighted by Gasteiger charge is -2.40. The van der Waals surface area contributed by atoms with E-state index in [1.807, 2.05) is 6.92 Å². The molecule has 2 N–H and O–H groups in total. The fourth-order valence-electron chi connectivity index (χ4n) is 3.68. The van der Waals surface area contributed by atoms with Crippen molar-refractivity contribution in [3.63, 3.8) is 0 Å². The molecule has 110 valence electrons. The number of anilines is 1. The minimum absolute atomic E-state index is 0.190. The Morgan fingerprint density at radius 2 is 1.75 bits per heavy atom. The average Bonchev–Trinajstić information content (AvgIpc) is 2.61. The Labute approximate surface area is 116 Å². The van der Waals surface area contributed by atoms with Crippen LogP contribution in [0.25, 0.3) is 0 Å². The summed E-state index contributed by atoms with van der Waals surface area (Å²) in [5.41, 5.74) is 7.11. The maximum absolute atomic E-state index is 12.9. The van der Waals surface area contributed by atoms with Gasteiger partial charge in [-0.3, -0.25) is 0 Å². The normalized spacial score (nSPS) is 29.9. The molecule has 5 heteroatoms. The third-order valence-corrected chi connectivity index (χ3v) is 4.58. The zero-order valence-electron chi connectivity index (χ0n) is 11.5. The Hall–Kier alpha value is -1.23. The molecule has 1 aromatic rings. The van der Waals surface area contributed by atoms with Crippen molar-refractivity contribution in [2.45, 2.75) is 56.9 Å². The number of halogens is 3. The molecule has 0 spiro atoms. The van der Waals surface area contributed by atoms with Gasteiger partial charge in [-0.15, -0.1) is 0 Å². The van der Waals surface area contributed by atoms with Crippen molar-refractivity contribution in [2.75, 3.05) is 4.90 Å². The molecule has 2 fully saturated rings. The second-order valence-electron chi connectivity index (χ2n) is 6.02. The highest BCUT2D eigenvalue weighted by Crippen LogP contribution is 2.42. The first kappa shape index (κ1) is 13.7. The number of benzene rings is 1. The van der Waals surface area contributed by atoms with Gasteiger partial charge in [0.15, 0.2) is 0 Å². The lowest BCUT2D eigenvalue weighted by molar-refractivity contribution is -0.137. The molecule has 2 aliphatic heterocycles. The van der Waals surface area contributed by atoms with E-state index in [1.165, 1.54) is 6.07 Å². The van der Waals surface area contributed by atoms with Gasteiger partial charge in [0.2, 0.25) is 0 Å². The largest absolute Gasteiger partial charge is 0.416 e. The maximum atomic E-state index is 12.9. The van der Waals surface area contributed by atoms with Gasteiger partial charge in [-0.05, 0) is 50.3 Å². The van der Waals surface area contributed by atoms with Crippen LogP contribution in [0.1, 0.15) is 36.8 Å². The molecule has 2 atom stereocenters. The molecule has 0 radical (unpaired) electrons. The first-order chi connectivity index (χ1) is 9.36. The highest BCUT2D eigenvalue weighted by Gasteiger charge is 2.41. The molecule has 2 saturated heterocycles. The summed E-state index contributed by atoms with van der Waals surface area (Å²) in [5, 5.41) is 0. The average molecular weight is 284 g/mol.